The van der Waals surface area contributed by atoms with Crippen LogP contribution in [0.4, 0.5) is 0 Å². The summed E-state index contributed by atoms with van der Waals surface area (Å²) in [6.45, 7) is 6.34. The van der Waals surface area contributed by atoms with E-state index in [1.54, 1.807) is 23.2 Å². The van der Waals surface area contributed by atoms with Crippen LogP contribution in [0.2, 0.25) is 0 Å². The predicted octanol–water partition coefficient (Wildman–Crippen LogP) is 2.26. The van der Waals surface area contributed by atoms with Gasteiger partial charge in [0.05, 0.1) is 11.8 Å². The Labute approximate surface area is 193 Å². The van der Waals surface area contributed by atoms with E-state index in [-0.39, 0.29) is 29.8 Å². The molecule has 8 heteroatoms. The number of amides is 2. The molecule has 1 fully saturated rings. The summed E-state index contributed by atoms with van der Waals surface area (Å²) in [4.78, 5) is 44.1. The molecule has 2 amide bonds. The van der Waals surface area contributed by atoms with Crippen molar-refractivity contribution in [3.8, 4) is 0 Å². The van der Waals surface area contributed by atoms with Gasteiger partial charge in [-0.05, 0) is 43.7 Å². The molecule has 0 spiro atoms. The third-order valence-electron chi connectivity index (χ3n) is 6.43. The number of rotatable bonds is 7. The number of nitrogens with zero attached hydrogens (tertiary/aromatic N) is 4. The first kappa shape index (κ1) is 22.8. The number of hydrogen-bond donors (Lipinski definition) is 1. The Morgan fingerprint density at radius 3 is 2.85 bits per heavy atom. The van der Waals surface area contributed by atoms with Crippen LogP contribution in [0.3, 0.4) is 0 Å². The number of piperidine rings is 1. The molecule has 0 aliphatic carbocycles. The molecule has 1 aromatic carbocycles. The van der Waals surface area contributed by atoms with E-state index in [1.165, 1.54) is 0 Å². The Morgan fingerprint density at radius 2 is 2.06 bits per heavy atom. The van der Waals surface area contributed by atoms with Crippen molar-refractivity contribution in [2.75, 3.05) is 19.6 Å². The van der Waals surface area contributed by atoms with Crippen LogP contribution in [0, 0.1) is 19.8 Å². The molecule has 1 N–H and O–H groups in total. The highest BCUT2D eigenvalue weighted by molar-refractivity contribution is 5.87. The quantitative estimate of drug-likeness (QED) is 0.599. The van der Waals surface area contributed by atoms with Crippen molar-refractivity contribution < 1.29 is 9.59 Å². The van der Waals surface area contributed by atoms with Crippen LogP contribution in [0.5, 0.6) is 0 Å². The summed E-state index contributed by atoms with van der Waals surface area (Å²) in [5, 5.41) is 3.95. The summed E-state index contributed by atoms with van der Waals surface area (Å²) in [5.41, 5.74) is 2.56. The minimum absolute atomic E-state index is 0.00536. The molecule has 174 valence electrons. The molecule has 0 saturated carbocycles. The average molecular weight is 450 g/mol. The summed E-state index contributed by atoms with van der Waals surface area (Å²) in [6, 6.07) is 7.52. The number of aromatic nitrogens is 3. The number of fused-ring (bicyclic) bond motifs is 1. The number of hydrogen-bond acceptors (Lipinski definition) is 4. The minimum atomic E-state index is -0.159. The van der Waals surface area contributed by atoms with Gasteiger partial charge in [-0.15, -0.1) is 0 Å². The lowest BCUT2D eigenvalue weighted by atomic mass is 9.94. The number of carbonyl (C=O) groups excluding carboxylic acids is 2. The highest BCUT2D eigenvalue weighted by Crippen LogP contribution is 2.22. The predicted molar refractivity (Wildman–Crippen MR) is 127 cm³/mol. The Bertz CT molecular complexity index is 1200. The van der Waals surface area contributed by atoms with E-state index in [0.717, 1.165) is 34.9 Å². The highest BCUT2D eigenvalue weighted by atomic mass is 16.2. The Kier molecular flexibility index (Phi) is 6.91. The first-order chi connectivity index (χ1) is 15.9. The summed E-state index contributed by atoms with van der Waals surface area (Å²) in [7, 11) is 0. The first-order valence-electron chi connectivity index (χ1n) is 11.5. The van der Waals surface area contributed by atoms with E-state index in [9.17, 15) is 14.4 Å². The number of nitrogens with one attached hydrogen (secondary N) is 1. The number of pyridine rings is 1. The second-order valence-corrected chi connectivity index (χ2v) is 8.93. The maximum absolute atomic E-state index is 13.2. The number of aryl methyl sites for hydroxylation is 2. The standard InChI is InChI=1S/C25H31N5O3/c1-18-5-3-7-21-19(2)13-23(32)30(25(18)21)16-24(33)29-10-4-6-20(15-29)14-22(31)27-9-12-28-11-8-26-17-28/h3,5,7-8,11,13,17,20H,4,6,9-10,12,14-16H2,1-2H3,(H,27,31)/t20-/m0/s1. The third-order valence-corrected chi connectivity index (χ3v) is 6.43. The van der Waals surface area contributed by atoms with Crippen molar-refractivity contribution in [3.05, 3.63) is 64.5 Å². The van der Waals surface area contributed by atoms with Crippen molar-refractivity contribution in [1.82, 2.24) is 24.3 Å². The molecular formula is C25H31N5O3. The number of likely N-dealkylation sites (tertiary alicyclic amines) is 1. The Morgan fingerprint density at radius 1 is 1.21 bits per heavy atom. The van der Waals surface area contributed by atoms with E-state index >= 15 is 0 Å². The third kappa shape index (κ3) is 5.32. The molecule has 4 rings (SSSR count). The highest BCUT2D eigenvalue weighted by Gasteiger charge is 2.26. The van der Waals surface area contributed by atoms with Gasteiger partial charge in [-0.1, -0.05) is 18.2 Å². The SMILES string of the molecule is Cc1cc(=O)n(CC(=O)N2CCC[C@@H](CC(=O)NCCn3ccnc3)C2)c2c(C)cccc12. The second-order valence-electron chi connectivity index (χ2n) is 8.93. The fourth-order valence-electron chi connectivity index (χ4n) is 4.71. The van der Waals surface area contributed by atoms with Gasteiger partial charge in [-0.3, -0.25) is 19.0 Å². The smallest absolute Gasteiger partial charge is 0.251 e. The molecule has 1 aliphatic rings. The molecule has 0 unspecified atom stereocenters. The summed E-state index contributed by atoms with van der Waals surface area (Å²) < 4.78 is 3.51. The number of para-hydroxylation sites is 1. The van der Waals surface area contributed by atoms with Gasteiger partial charge in [-0.25, -0.2) is 4.98 Å². The van der Waals surface area contributed by atoms with Crippen LogP contribution in [-0.4, -0.2) is 50.5 Å². The molecule has 1 aliphatic heterocycles. The zero-order valence-electron chi connectivity index (χ0n) is 19.3. The molecule has 2 aromatic heterocycles. The lowest BCUT2D eigenvalue weighted by molar-refractivity contribution is -0.134. The largest absolute Gasteiger partial charge is 0.354 e. The zero-order chi connectivity index (χ0) is 23.4. The molecule has 3 aromatic rings. The number of benzene rings is 1. The van der Waals surface area contributed by atoms with Crippen LogP contribution < -0.4 is 10.9 Å². The maximum atomic E-state index is 13.2. The Hall–Kier alpha value is -3.42. The van der Waals surface area contributed by atoms with Gasteiger partial charge in [0.1, 0.15) is 6.54 Å². The first-order valence-corrected chi connectivity index (χ1v) is 11.5. The van der Waals surface area contributed by atoms with Crippen LogP contribution in [0.1, 0.15) is 30.4 Å². The fraction of sp³-hybridized carbons (Fsp3) is 0.440. The molecule has 1 saturated heterocycles. The van der Waals surface area contributed by atoms with Crippen molar-refractivity contribution in [1.29, 1.82) is 0 Å². The van der Waals surface area contributed by atoms with Crippen LogP contribution in [0.15, 0.2) is 47.8 Å². The maximum Gasteiger partial charge on any atom is 0.251 e. The van der Waals surface area contributed by atoms with Crippen LogP contribution in [0.25, 0.3) is 10.9 Å². The monoisotopic (exact) mass is 449 g/mol. The minimum Gasteiger partial charge on any atom is -0.354 e. The van der Waals surface area contributed by atoms with Crippen LogP contribution >= 0.6 is 0 Å². The Balaban J connectivity index is 1.37. The van der Waals surface area contributed by atoms with Gasteiger partial charge >= 0.3 is 0 Å². The van der Waals surface area contributed by atoms with Gasteiger partial charge < -0.3 is 14.8 Å². The number of carbonyl (C=O) groups is 2. The molecule has 1 atom stereocenters. The molecular weight excluding hydrogens is 418 g/mol. The normalized spacial score (nSPS) is 16.2. The van der Waals surface area contributed by atoms with E-state index in [1.807, 2.05) is 47.7 Å². The second kappa shape index (κ2) is 10.0. The van der Waals surface area contributed by atoms with Crippen molar-refractivity contribution in [2.24, 2.45) is 5.92 Å². The van der Waals surface area contributed by atoms with Crippen molar-refractivity contribution >= 4 is 22.7 Å². The van der Waals surface area contributed by atoms with Crippen LogP contribution in [-0.2, 0) is 22.7 Å². The summed E-state index contributed by atoms with van der Waals surface area (Å²) >= 11 is 0. The summed E-state index contributed by atoms with van der Waals surface area (Å²) in [6.07, 6.45) is 7.48. The topological polar surface area (TPSA) is 89.2 Å². The van der Waals surface area contributed by atoms with Gasteiger partial charge in [0.15, 0.2) is 0 Å². The fourth-order valence-corrected chi connectivity index (χ4v) is 4.71. The van der Waals surface area contributed by atoms with Crippen molar-refractivity contribution in [3.63, 3.8) is 0 Å². The van der Waals surface area contributed by atoms with Crippen molar-refractivity contribution in [2.45, 2.75) is 46.2 Å². The lowest BCUT2D eigenvalue weighted by Gasteiger charge is -2.33. The zero-order valence-corrected chi connectivity index (χ0v) is 19.3. The van der Waals surface area contributed by atoms with Gasteiger partial charge in [0.25, 0.3) is 5.56 Å². The van der Waals surface area contributed by atoms with E-state index in [2.05, 4.69) is 10.3 Å². The molecule has 33 heavy (non-hydrogen) atoms. The molecule has 3 heterocycles. The van der Waals surface area contributed by atoms with E-state index in [0.29, 0.717) is 32.6 Å². The van der Waals surface area contributed by atoms with E-state index in [4.69, 9.17) is 0 Å². The number of imidazole rings is 1. The molecule has 0 bridgehead atoms. The van der Waals surface area contributed by atoms with Gasteiger partial charge in [0.2, 0.25) is 11.8 Å². The van der Waals surface area contributed by atoms with Gasteiger partial charge in [-0.2, -0.15) is 0 Å². The molecule has 8 nitrogen and oxygen atoms in total. The molecule has 0 radical (unpaired) electrons. The van der Waals surface area contributed by atoms with E-state index < -0.39 is 0 Å². The lowest BCUT2D eigenvalue weighted by Crippen LogP contribution is -2.44. The van der Waals surface area contributed by atoms with Gasteiger partial charge in [0, 0.05) is 56.4 Å². The summed E-state index contributed by atoms with van der Waals surface area (Å²) in [5.74, 6) is 0.0608. The average Bonchev–Trinajstić information content (AvgIpc) is 3.30.